The van der Waals surface area contributed by atoms with Crippen LogP contribution in [0.3, 0.4) is 0 Å². The highest BCUT2D eigenvalue weighted by atomic mass is 79.9. The molecule has 1 fully saturated rings. The maximum absolute atomic E-state index is 12.6. The summed E-state index contributed by atoms with van der Waals surface area (Å²) >= 11 is 11.9. The van der Waals surface area contributed by atoms with E-state index < -0.39 is 0 Å². The van der Waals surface area contributed by atoms with Gasteiger partial charge in [-0.25, -0.2) is 0 Å². The Morgan fingerprint density at radius 1 is 1.39 bits per heavy atom. The summed E-state index contributed by atoms with van der Waals surface area (Å²) in [6.45, 7) is 0.781. The van der Waals surface area contributed by atoms with Crippen molar-refractivity contribution in [1.29, 1.82) is 0 Å². The van der Waals surface area contributed by atoms with Gasteiger partial charge in [-0.1, -0.05) is 28.8 Å². The summed E-state index contributed by atoms with van der Waals surface area (Å²) < 4.78 is 1.90. The van der Waals surface area contributed by atoms with E-state index in [1.54, 1.807) is 11.3 Å². The van der Waals surface area contributed by atoms with Gasteiger partial charge in [0.05, 0.1) is 13.1 Å². The number of thiophene rings is 1. The molecule has 0 unspecified atom stereocenters. The van der Waals surface area contributed by atoms with E-state index in [4.69, 9.17) is 0 Å². The van der Waals surface area contributed by atoms with Crippen LogP contribution in [0.4, 0.5) is 0 Å². The van der Waals surface area contributed by atoms with Gasteiger partial charge in [-0.15, -0.1) is 11.3 Å². The van der Waals surface area contributed by atoms with Gasteiger partial charge in [0.2, 0.25) is 0 Å². The van der Waals surface area contributed by atoms with Gasteiger partial charge in [0, 0.05) is 17.9 Å². The number of carbonyl (C=O) groups is 1. The molecule has 2 rings (SSSR count). The molecular weight excluding hydrogens is 446 g/mol. The number of amides is 1. The number of carbonyl (C=O) groups excluding carboxylic acids is 1. The largest absolute Gasteiger partial charge is 0.335 e. The molecule has 2 nitrogen and oxygen atoms in total. The molecular formula is C12H14Br3NOS. The Morgan fingerprint density at radius 3 is 2.56 bits per heavy atom. The Hall–Kier alpha value is 0.610. The molecule has 0 aliphatic heterocycles. The van der Waals surface area contributed by atoms with Crippen molar-refractivity contribution in [2.75, 3.05) is 11.9 Å². The first-order chi connectivity index (χ1) is 8.63. The second-order valence-corrected chi connectivity index (χ2v) is 8.91. The zero-order valence-electron chi connectivity index (χ0n) is 9.79. The van der Waals surface area contributed by atoms with Crippen molar-refractivity contribution in [2.45, 2.75) is 31.7 Å². The molecule has 1 aromatic heterocycles. The molecule has 0 saturated heterocycles. The van der Waals surface area contributed by atoms with E-state index in [2.05, 4.69) is 47.8 Å². The molecule has 18 heavy (non-hydrogen) atoms. The third kappa shape index (κ3) is 3.38. The lowest BCUT2D eigenvalue weighted by molar-refractivity contribution is 0.0696. The summed E-state index contributed by atoms with van der Waals surface area (Å²) in [4.78, 5) is 14.6. The van der Waals surface area contributed by atoms with Gasteiger partial charge in [0.15, 0.2) is 0 Å². The predicted molar refractivity (Wildman–Crippen MR) is 86.8 cm³/mol. The number of hydrogen-bond acceptors (Lipinski definition) is 2. The molecule has 100 valence electrons. The zero-order chi connectivity index (χ0) is 13.1. The second kappa shape index (κ2) is 6.86. The maximum Gasteiger partial charge on any atom is 0.256 e. The Morgan fingerprint density at radius 2 is 2.06 bits per heavy atom. The average molecular weight is 460 g/mol. The highest BCUT2D eigenvalue weighted by Crippen LogP contribution is 2.34. The lowest BCUT2D eigenvalue weighted by atomic mass is 10.2. The maximum atomic E-state index is 12.6. The van der Waals surface area contributed by atoms with Gasteiger partial charge in [0.25, 0.3) is 5.91 Å². The van der Waals surface area contributed by atoms with E-state index in [9.17, 15) is 4.79 Å². The average Bonchev–Trinajstić information content (AvgIpc) is 2.95. The lowest BCUT2D eigenvalue weighted by Gasteiger charge is -2.28. The van der Waals surface area contributed by atoms with Crippen LogP contribution in [0.1, 0.15) is 36.0 Å². The van der Waals surface area contributed by atoms with Gasteiger partial charge in [0.1, 0.15) is 0 Å². The molecule has 6 heteroatoms. The summed E-state index contributed by atoms with van der Waals surface area (Å²) in [6.07, 6.45) is 4.76. The fraction of sp³-hybridized carbons (Fsp3) is 0.583. The molecule has 0 spiro atoms. The standard InChI is InChI=1S/C12H14Br3NOS/c13-5-6-16(8-3-1-2-4-8)12(17)9-7-10(14)18-11(9)15/h7-8H,1-6H2. The number of nitrogens with zero attached hydrogens (tertiary/aromatic N) is 1. The molecule has 1 aliphatic rings. The summed E-state index contributed by atoms with van der Waals surface area (Å²) in [7, 11) is 0. The molecule has 0 aromatic carbocycles. The molecule has 1 aromatic rings. The van der Waals surface area contributed by atoms with Crippen molar-refractivity contribution in [3.63, 3.8) is 0 Å². The van der Waals surface area contributed by atoms with Crippen LogP contribution in [0.15, 0.2) is 13.6 Å². The molecule has 0 radical (unpaired) electrons. The highest BCUT2D eigenvalue weighted by molar-refractivity contribution is 9.12. The Labute approximate surface area is 137 Å². The van der Waals surface area contributed by atoms with E-state index in [1.165, 1.54) is 12.8 Å². The predicted octanol–water partition coefficient (Wildman–Crippen LogP) is 5.05. The van der Waals surface area contributed by atoms with Crippen LogP contribution in [0.2, 0.25) is 0 Å². The SMILES string of the molecule is O=C(c1cc(Br)sc1Br)N(CCBr)C1CCCC1. The number of hydrogen-bond donors (Lipinski definition) is 0. The second-order valence-electron chi connectivity index (χ2n) is 4.36. The van der Waals surface area contributed by atoms with Crippen LogP contribution < -0.4 is 0 Å². The van der Waals surface area contributed by atoms with Crippen molar-refractivity contribution in [2.24, 2.45) is 0 Å². The lowest BCUT2D eigenvalue weighted by Crippen LogP contribution is -2.40. The van der Waals surface area contributed by atoms with Crippen LogP contribution in [0, 0.1) is 0 Å². The molecule has 0 bridgehead atoms. The summed E-state index contributed by atoms with van der Waals surface area (Å²) in [6, 6.07) is 2.33. The molecule has 0 N–H and O–H groups in total. The first-order valence-electron chi connectivity index (χ1n) is 5.95. The molecule has 1 saturated carbocycles. The highest BCUT2D eigenvalue weighted by Gasteiger charge is 2.28. The van der Waals surface area contributed by atoms with Gasteiger partial charge in [-0.05, 0) is 50.8 Å². The van der Waals surface area contributed by atoms with Crippen molar-refractivity contribution < 1.29 is 4.79 Å². The summed E-state index contributed by atoms with van der Waals surface area (Å²) in [5.74, 6) is 0.148. The Balaban J connectivity index is 2.19. The van der Waals surface area contributed by atoms with E-state index >= 15 is 0 Å². The fourth-order valence-electron chi connectivity index (χ4n) is 2.40. The first kappa shape index (κ1) is 15.0. The van der Waals surface area contributed by atoms with Gasteiger partial charge in [-0.2, -0.15) is 0 Å². The third-order valence-electron chi connectivity index (χ3n) is 3.24. The van der Waals surface area contributed by atoms with Crippen LogP contribution >= 0.6 is 59.1 Å². The van der Waals surface area contributed by atoms with E-state index in [1.807, 2.05) is 11.0 Å². The van der Waals surface area contributed by atoms with E-state index in [0.29, 0.717) is 6.04 Å². The van der Waals surface area contributed by atoms with Crippen LogP contribution in [0.25, 0.3) is 0 Å². The van der Waals surface area contributed by atoms with Gasteiger partial charge in [-0.3, -0.25) is 4.79 Å². The Bertz CT molecular complexity index is 429. The van der Waals surface area contributed by atoms with Crippen LogP contribution in [0.5, 0.6) is 0 Å². The summed E-state index contributed by atoms with van der Waals surface area (Å²) in [5, 5.41) is 0.832. The number of halogens is 3. The van der Waals surface area contributed by atoms with Crippen LogP contribution in [-0.2, 0) is 0 Å². The molecule has 1 aliphatic carbocycles. The van der Waals surface area contributed by atoms with E-state index in [0.717, 1.165) is 37.9 Å². The minimum Gasteiger partial charge on any atom is -0.335 e. The van der Waals surface area contributed by atoms with Crippen LogP contribution in [-0.4, -0.2) is 28.7 Å². The van der Waals surface area contributed by atoms with Gasteiger partial charge < -0.3 is 4.90 Å². The van der Waals surface area contributed by atoms with Crippen molar-refractivity contribution >= 4 is 65.0 Å². The van der Waals surface area contributed by atoms with Crippen molar-refractivity contribution in [1.82, 2.24) is 4.90 Å². The van der Waals surface area contributed by atoms with E-state index in [-0.39, 0.29) is 5.91 Å². The monoisotopic (exact) mass is 457 g/mol. The third-order valence-corrected chi connectivity index (χ3v) is 5.93. The first-order valence-corrected chi connectivity index (χ1v) is 9.47. The number of alkyl halides is 1. The normalized spacial score (nSPS) is 16.2. The van der Waals surface area contributed by atoms with Crippen molar-refractivity contribution in [3.8, 4) is 0 Å². The zero-order valence-corrected chi connectivity index (χ0v) is 15.4. The number of rotatable bonds is 4. The fourth-order valence-corrected chi connectivity index (χ4v) is 5.56. The smallest absolute Gasteiger partial charge is 0.256 e. The molecule has 1 amide bonds. The molecule has 1 heterocycles. The minimum atomic E-state index is 0.148. The van der Waals surface area contributed by atoms with Crippen molar-refractivity contribution in [3.05, 3.63) is 19.2 Å². The minimum absolute atomic E-state index is 0.148. The topological polar surface area (TPSA) is 20.3 Å². The molecule has 0 atom stereocenters. The summed E-state index contributed by atoms with van der Waals surface area (Å²) in [5.41, 5.74) is 0.778. The van der Waals surface area contributed by atoms with Gasteiger partial charge >= 0.3 is 0 Å². The Kier molecular flexibility index (Phi) is 5.72. The quantitative estimate of drug-likeness (QED) is 0.577.